The maximum absolute atomic E-state index is 12.8. The fourth-order valence-corrected chi connectivity index (χ4v) is 3.97. The highest BCUT2D eigenvalue weighted by atomic mass is 16.3. The molecule has 0 aliphatic heterocycles. The predicted molar refractivity (Wildman–Crippen MR) is 111 cm³/mol. The predicted octanol–water partition coefficient (Wildman–Crippen LogP) is 2.77. The molecule has 6 nitrogen and oxygen atoms in total. The maximum atomic E-state index is 12.8. The van der Waals surface area contributed by atoms with E-state index in [1.165, 1.54) is 17.7 Å². The van der Waals surface area contributed by atoms with Crippen molar-refractivity contribution in [2.24, 2.45) is 5.92 Å². The normalized spacial score (nSPS) is 19.0. The van der Waals surface area contributed by atoms with Gasteiger partial charge in [-0.3, -0.25) is 14.4 Å². The van der Waals surface area contributed by atoms with Gasteiger partial charge in [-0.2, -0.15) is 0 Å². The third kappa shape index (κ3) is 5.21. The van der Waals surface area contributed by atoms with Crippen molar-refractivity contribution in [2.75, 3.05) is 7.05 Å². The molecule has 154 valence electrons. The summed E-state index contributed by atoms with van der Waals surface area (Å²) in [4.78, 5) is 37.8. The average molecular weight is 396 g/mol. The first-order valence-corrected chi connectivity index (χ1v) is 10.2. The minimum absolute atomic E-state index is 0.0352. The monoisotopic (exact) mass is 396 g/mol. The molecule has 1 aromatic carbocycles. The first kappa shape index (κ1) is 21.0. The van der Waals surface area contributed by atoms with Crippen LogP contribution >= 0.6 is 0 Å². The molecule has 2 unspecified atom stereocenters. The summed E-state index contributed by atoms with van der Waals surface area (Å²) in [5.41, 5.74) is 0.802. The number of carbonyl (C=O) groups is 2. The second-order valence-corrected chi connectivity index (χ2v) is 7.71. The average Bonchev–Trinajstić information content (AvgIpc) is 2.74. The van der Waals surface area contributed by atoms with Gasteiger partial charge in [-0.1, -0.05) is 43.2 Å². The lowest BCUT2D eigenvalue weighted by Crippen LogP contribution is -2.32. The van der Waals surface area contributed by atoms with Gasteiger partial charge in [0.2, 0.25) is 0 Å². The molecule has 2 aromatic rings. The van der Waals surface area contributed by atoms with Gasteiger partial charge in [-0.05, 0) is 36.8 Å². The number of hydrogen-bond acceptors (Lipinski definition) is 4. The molecule has 1 aliphatic carbocycles. The van der Waals surface area contributed by atoms with Crippen LogP contribution in [0.25, 0.3) is 0 Å². The van der Waals surface area contributed by atoms with Gasteiger partial charge in [0, 0.05) is 25.2 Å². The number of hydrogen-bond donors (Lipinski definition) is 2. The largest absolute Gasteiger partial charge is 0.393 e. The van der Waals surface area contributed by atoms with E-state index in [1.54, 1.807) is 6.20 Å². The topological polar surface area (TPSA) is 88.4 Å². The molecule has 0 bridgehead atoms. The van der Waals surface area contributed by atoms with Crippen LogP contribution in [0.2, 0.25) is 0 Å². The summed E-state index contributed by atoms with van der Waals surface area (Å²) in [7, 11) is 1.46. The van der Waals surface area contributed by atoms with Gasteiger partial charge in [0.15, 0.2) is 5.78 Å². The SMILES string of the molecule is CNC(=O)c1cc(C(=O)CCC2CCCCC2O)cn(Cc2ccccc2)c1=O. The number of aliphatic hydroxyl groups excluding tert-OH is 1. The second-order valence-electron chi connectivity index (χ2n) is 7.71. The van der Waals surface area contributed by atoms with Crippen molar-refractivity contribution in [3.8, 4) is 0 Å². The number of benzene rings is 1. The van der Waals surface area contributed by atoms with Crippen LogP contribution < -0.4 is 10.9 Å². The van der Waals surface area contributed by atoms with Crippen LogP contribution in [0.1, 0.15) is 64.8 Å². The molecule has 1 heterocycles. The number of Topliss-reactive ketones (excluding diaryl/α,β-unsaturated/α-hetero) is 1. The third-order valence-corrected chi connectivity index (χ3v) is 5.69. The number of nitrogens with zero attached hydrogens (tertiary/aromatic N) is 1. The van der Waals surface area contributed by atoms with Crippen LogP contribution in [-0.4, -0.2) is 34.5 Å². The summed E-state index contributed by atoms with van der Waals surface area (Å²) in [5.74, 6) is -0.481. The Balaban J connectivity index is 1.84. The number of amides is 1. The molecule has 1 aliphatic rings. The molecule has 0 radical (unpaired) electrons. The van der Waals surface area contributed by atoms with Crippen LogP contribution in [-0.2, 0) is 6.54 Å². The van der Waals surface area contributed by atoms with E-state index in [0.29, 0.717) is 18.4 Å². The fourth-order valence-electron chi connectivity index (χ4n) is 3.97. The number of aromatic nitrogens is 1. The van der Waals surface area contributed by atoms with E-state index >= 15 is 0 Å². The molecule has 3 rings (SSSR count). The smallest absolute Gasteiger partial charge is 0.263 e. The lowest BCUT2D eigenvalue weighted by atomic mass is 9.83. The third-order valence-electron chi connectivity index (χ3n) is 5.69. The van der Waals surface area contributed by atoms with E-state index in [9.17, 15) is 19.5 Å². The van der Waals surface area contributed by atoms with Crippen LogP contribution in [0.3, 0.4) is 0 Å². The van der Waals surface area contributed by atoms with Crippen LogP contribution in [0.5, 0.6) is 0 Å². The molecule has 6 heteroatoms. The van der Waals surface area contributed by atoms with Crippen molar-refractivity contribution >= 4 is 11.7 Å². The van der Waals surface area contributed by atoms with Gasteiger partial charge in [0.05, 0.1) is 12.6 Å². The minimum Gasteiger partial charge on any atom is -0.393 e. The number of ketones is 1. The van der Waals surface area contributed by atoms with Crippen molar-refractivity contribution in [3.63, 3.8) is 0 Å². The Kier molecular flexibility index (Phi) is 6.99. The van der Waals surface area contributed by atoms with Gasteiger partial charge in [-0.15, -0.1) is 0 Å². The van der Waals surface area contributed by atoms with Crippen molar-refractivity contribution < 1.29 is 14.7 Å². The highest BCUT2D eigenvalue weighted by molar-refractivity contribution is 6.00. The maximum Gasteiger partial charge on any atom is 0.263 e. The first-order chi connectivity index (χ1) is 14.0. The van der Waals surface area contributed by atoms with E-state index in [1.807, 2.05) is 30.3 Å². The van der Waals surface area contributed by atoms with E-state index in [2.05, 4.69) is 5.32 Å². The number of pyridine rings is 1. The zero-order valence-electron chi connectivity index (χ0n) is 16.8. The van der Waals surface area contributed by atoms with Crippen molar-refractivity contribution in [1.82, 2.24) is 9.88 Å². The molecule has 2 N–H and O–H groups in total. The lowest BCUT2D eigenvalue weighted by molar-refractivity contribution is 0.0623. The summed E-state index contributed by atoms with van der Waals surface area (Å²) >= 11 is 0. The number of carbonyl (C=O) groups excluding carboxylic acids is 2. The summed E-state index contributed by atoms with van der Waals surface area (Å²) < 4.78 is 1.42. The standard InChI is InChI=1S/C23H28N2O4/c1-24-22(28)19-13-18(21(27)12-11-17-9-5-6-10-20(17)26)15-25(23(19)29)14-16-7-3-2-4-8-16/h2-4,7-8,13,15,17,20,26H,5-6,9-12,14H2,1H3,(H,24,28). The molecule has 1 fully saturated rings. The molecule has 1 aromatic heterocycles. The van der Waals surface area contributed by atoms with Crippen molar-refractivity contribution in [2.45, 2.75) is 51.2 Å². The quantitative estimate of drug-likeness (QED) is 0.705. The Morgan fingerprint density at radius 2 is 1.90 bits per heavy atom. The van der Waals surface area contributed by atoms with Crippen molar-refractivity contribution in [1.29, 1.82) is 0 Å². The fraction of sp³-hybridized carbons (Fsp3) is 0.435. The Labute approximate surface area is 170 Å². The molecule has 29 heavy (non-hydrogen) atoms. The van der Waals surface area contributed by atoms with Crippen LogP contribution in [0, 0.1) is 5.92 Å². The van der Waals surface area contributed by atoms with E-state index < -0.39 is 11.5 Å². The van der Waals surface area contributed by atoms with E-state index in [0.717, 1.165) is 31.2 Å². The van der Waals surface area contributed by atoms with Crippen molar-refractivity contribution in [3.05, 3.63) is 69.6 Å². The molecule has 2 atom stereocenters. The number of aliphatic hydroxyl groups is 1. The second kappa shape index (κ2) is 9.65. The lowest BCUT2D eigenvalue weighted by Gasteiger charge is -2.27. The van der Waals surface area contributed by atoms with E-state index in [-0.39, 0.29) is 29.9 Å². The summed E-state index contributed by atoms with van der Waals surface area (Å²) in [6.45, 7) is 0.284. The Morgan fingerprint density at radius 3 is 2.59 bits per heavy atom. The first-order valence-electron chi connectivity index (χ1n) is 10.2. The van der Waals surface area contributed by atoms with Gasteiger partial charge in [0.1, 0.15) is 5.56 Å². The number of nitrogens with one attached hydrogen (secondary N) is 1. The van der Waals surface area contributed by atoms with Gasteiger partial charge < -0.3 is 15.0 Å². The summed E-state index contributed by atoms with van der Waals surface area (Å²) in [6, 6.07) is 10.8. The summed E-state index contributed by atoms with van der Waals surface area (Å²) in [5, 5.41) is 12.6. The Bertz CT molecular complexity index is 920. The molecule has 0 spiro atoms. The van der Waals surface area contributed by atoms with Crippen LogP contribution in [0.15, 0.2) is 47.4 Å². The summed E-state index contributed by atoms with van der Waals surface area (Å²) in [6.07, 6.45) is 5.95. The van der Waals surface area contributed by atoms with Crippen LogP contribution in [0.4, 0.5) is 0 Å². The zero-order valence-corrected chi connectivity index (χ0v) is 16.8. The minimum atomic E-state index is -0.505. The van der Waals surface area contributed by atoms with E-state index in [4.69, 9.17) is 0 Å². The molecular formula is C23H28N2O4. The van der Waals surface area contributed by atoms with Gasteiger partial charge in [0.25, 0.3) is 11.5 Å². The Morgan fingerprint density at radius 1 is 1.17 bits per heavy atom. The van der Waals surface area contributed by atoms with Gasteiger partial charge >= 0.3 is 0 Å². The highest BCUT2D eigenvalue weighted by Gasteiger charge is 2.24. The molecular weight excluding hydrogens is 368 g/mol. The molecule has 1 amide bonds. The molecule has 0 saturated heterocycles. The van der Waals surface area contributed by atoms with Gasteiger partial charge in [-0.25, -0.2) is 0 Å². The number of rotatable bonds is 7. The Hall–Kier alpha value is -2.73. The highest BCUT2D eigenvalue weighted by Crippen LogP contribution is 2.28. The zero-order chi connectivity index (χ0) is 20.8. The molecule has 1 saturated carbocycles.